The minimum Gasteiger partial charge on any atom is -0.495 e. The fourth-order valence-electron chi connectivity index (χ4n) is 2.84. The lowest BCUT2D eigenvalue weighted by molar-refractivity contribution is 0.0514. The molecule has 28 heavy (non-hydrogen) atoms. The standard InChI is InChI=1S/C18H22N2O7S/c1-3-25-18(21)14-10-16(27-20-14)12-6-7-15(24-2)17(9-12)28(22,23)19-11-13-5-4-8-26-13/h6-7,9-10,13,19H,3-5,8,11H2,1-2H3/t13-/m0/s1. The third kappa shape index (κ3) is 4.51. The topological polar surface area (TPSA) is 117 Å². The lowest BCUT2D eigenvalue weighted by Gasteiger charge is -2.14. The summed E-state index contributed by atoms with van der Waals surface area (Å²) in [6.07, 6.45) is 1.60. The maximum absolute atomic E-state index is 12.8. The van der Waals surface area contributed by atoms with E-state index in [1.54, 1.807) is 13.0 Å². The number of nitrogens with zero attached hydrogens (tertiary/aromatic N) is 1. The third-order valence-corrected chi connectivity index (χ3v) is 5.70. The average molecular weight is 410 g/mol. The van der Waals surface area contributed by atoms with Crippen LogP contribution in [0.15, 0.2) is 33.7 Å². The van der Waals surface area contributed by atoms with Gasteiger partial charge in [0.2, 0.25) is 10.0 Å². The van der Waals surface area contributed by atoms with E-state index in [1.165, 1.54) is 25.3 Å². The van der Waals surface area contributed by atoms with Gasteiger partial charge in [0, 0.05) is 24.8 Å². The van der Waals surface area contributed by atoms with E-state index in [9.17, 15) is 13.2 Å². The molecular weight excluding hydrogens is 388 g/mol. The first-order valence-electron chi connectivity index (χ1n) is 8.88. The van der Waals surface area contributed by atoms with E-state index >= 15 is 0 Å². The summed E-state index contributed by atoms with van der Waals surface area (Å²) < 4.78 is 48.8. The maximum Gasteiger partial charge on any atom is 0.360 e. The quantitative estimate of drug-likeness (QED) is 0.657. The van der Waals surface area contributed by atoms with Gasteiger partial charge in [-0.25, -0.2) is 17.9 Å². The number of ether oxygens (including phenoxy) is 3. The van der Waals surface area contributed by atoms with E-state index < -0.39 is 16.0 Å². The molecule has 0 saturated carbocycles. The van der Waals surface area contributed by atoms with Gasteiger partial charge in [0.15, 0.2) is 11.5 Å². The predicted molar refractivity (Wildman–Crippen MR) is 98.6 cm³/mol. The first kappa shape index (κ1) is 20.3. The summed E-state index contributed by atoms with van der Waals surface area (Å²) in [7, 11) is -2.46. The number of sulfonamides is 1. The van der Waals surface area contributed by atoms with Crippen LogP contribution < -0.4 is 9.46 Å². The number of hydrogen-bond donors (Lipinski definition) is 1. The summed E-state index contributed by atoms with van der Waals surface area (Å²) in [4.78, 5) is 11.7. The van der Waals surface area contributed by atoms with Crippen LogP contribution in [0.4, 0.5) is 0 Å². The molecule has 2 aromatic rings. The summed E-state index contributed by atoms with van der Waals surface area (Å²) in [6, 6.07) is 5.94. The van der Waals surface area contributed by atoms with E-state index in [-0.39, 0.29) is 41.4 Å². The largest absolute Gasteiger partial charge is 0.495 e. The average Bonchev–Trinajstić information content (AvgIpc) is 3.38. The number of carbonyl (C=O) groups is 1. The summed E-state index contributed by atoms with van der Waals surface area (Å²) in [5, 5.41) is 3.67. The molecule has 10 heteroatoms. The van der Waals surface area contributed by atoms with Gasteiger partial charge in [0.05, 0.1) is 19.8 Å². The molecule has 1 aromatic carbocycles. The van der Waals surface area contributed by atoms with Crippen LogP contribution in [0.1, 0.15) is 30.3 Å². The second kappa shape index (κ2) is 8.72. The monoisotopic (exact) mass is 410 g/mol. The first-order chi connectivity index (χ1) is 13.4. The molecule has 1 saturated heterocycles. The van der Waals surface area contributed by atoms with E-state index in [0.29, 0.717) is 12.2 Å². The molecule has 0 spiro atoms. The smallest absolute Gasteiger partial charge is 0.360 e. The zero-order valence-corrected chi connectivity index (χ0v) is 16.5. The Labute approximate surface area is 163 Å². The summed E-state index contributed by atoms with van der Waals surface area (Å²) >= 11 is 0. The van der Waals surface area contributed by atoms with Gasteiger partial charge in [0.25, 0.3) is 0 Å². The summed E-state index contributed by atoms with van der Waals surface area (Å²) in [6.45, 7) is 2.72. The lowest BCUT2D eigenvalue weighted by atomic mass is 10.1. The van der Waals surface area contributed by atoms with E-state index in [0.717, 1.165) is 12.8 Å². The van der Waals surface area contributed by atoms with Gasteiger partial charge in [-0.3, -0.25) is 0 Å². The number of methoxy groups -OCH3 is 1. The summed E-state index contributed by atoms with van der Waals surface area (Å²) in [5.74, 6) is -0.188. The molecular formula is C18H22N2O7S. The zero-order valence-electron chi connectivity index (χ0n) is 15.6. The SMILES string of the molecule is CCOC(=O)c1cc(-c2ccc(OC)c(S(=O)(=O)NC[C@@H]3CCCO3)c2)on1. The van der Waals surface area contributed by atoms with Crippen molar-refractivity contribution in [1.82, 2.24) is 9.88 Å². The van der Waals surface area contributed by atoms with Gasteiger partial charge < -0.3 is 18.7 Å². The van der Waals surface area contributed by atoms with Gasteiger partial charge in [0.1, 0.15) is 10.6 Å². The van der Waals surface area contributed by atoms with Crippen molar-refractivity contribution in [3.8, 4) is 17.1 Å². The Morgan fingerprint density at radius 1 is 1.36 bits per heavy atom. The van der Waals surface area contributed by atoms with Crippen LogP contribution in [-0.4, -0.2) is 52.5 Å². The molecule has 0 radical (unpaired) electrons. The van der Waals surface area contributed by atoms with Gasteiger partial charge in [-0.05, 0) is 38.0 Å². The van der Waals surface area contributed by atoms with Crippen molar-refractivity contribution in [3.05, 3.63) is 30.0 Å². The lowest BCUT2D eigenvalue weighted by Crippen LogP contribution is -2.32. The van der Waals surface area contributed by atoms with Crippen molar-refractivity contribution in [2.45, 2.75) is 30.8 Å². The van der Waals surface area contributed by atoms with Crippen LogP contribution in [0.25, 0.3) is 11.3 Å². The number of carbonyl (C=O) groups excluding carboxylic acids is 1. The number of nitrogens with one attached hydrogen (secondary N) is 1. The van der Waals surface area contributed by atoms with Gasteiger partial charge >= 0.3 is 5.97 Å². The highest BCUT2D eigenvalue weighted by Crippen LogP contribution is 2.30. The molecule has 1 aromatic heterocycles. The van der Waals surface area contributed by atoms with Gasteiger partial charge in [-0.15, -0.1) is 0 Å². The third-order valence-electron chi connectivity index (χ3n) is 4.26. The van der Waals surface area contributed by atoms with E-state index in [2.05, 4.69) is 9.88 Å². The molecule has 1 aliphatic rings. The van der Waals surface area contributed by atoms with Gasteiger partial charge in [-0.2, -0.15) is 0 Å². The molecule has 9 nitrogen and oxygen atoms in total. The van der Waals surface area contributed by atoms with E-state index in [4.69, 9.17) is 18.7 Å². The van der Waals surface area contributed by atoms with Crippen molar-refractivity contribution in [2.75, 3.05) is 26.9 Å². The number of benzene rings is 1. The molecule has 1 aliphatic heterocycles. The highest BCUT2D eigenvalue weighted by molar-refractivity contribution is 7.89. The number of aromatic nitrogens is 1. The Bertz CT molecular complexity index is 933. The Hall–Kier alpha value is -2.43. The minimum atomic E-state index is -3.85. The fraction of sp³-hybridized carbons (Fsp3) is 0.444. The minimum absolute atomic E-state index is 0.00795. The molecule has 3 rings (SSSR count). The molecule has 1 fully saturated rings. The van der Waals surface area contributed by atoms with Crippen molar-refractivity contribution in [2.24, 2.45) is 0 Å². The summed E-state index contributed by atoms with van der Waals surface area (Å²) in [5.41, 5.74) is 0.440. The van der Waals surface area contributed by atoms with Crippen molar-refractivity contribution in [3.63, 3.8) is 0 Å². The van der Waals surface area contributed by atoms with Crippen LogP contribution in [-0.2, 0) is 19.5 Å². The Morgan fingerprint density at radius 2 is 2.18 bits per heavy atom. The highest BCUT2D eigenvalue weighted by atomic mass is 32.2. The maximum atomic E-state index is 12.8. The van der Waals surface area contributed by atoms with Crippen molar-refractivity contribution in [1.29, 1.82) is 0 Å². The molecule has 152 valence electrons. The molecule has 0 aliphatic carbocycles. The van der Waals surface area contributed by atoms with Crippen molar-refractivity contribution < 1.29 is 31.9 Å². The Morgan fingerprint density at radius 3 is 2.86 bits per heavy atom. The second-order valence-corrected chi connectivity index (χ2v) is 7.88. The molecule has 0 amide bonds. The molecule has 1 atom stereocenters. The fourth-order valence-corrected chi connectivity index (χ4v) is 4.10. The highest BCUT2D eigenvalue weighted by Gasteiger charge is 2.24. The molecule has 1 N–H and O–H groups in total. The molecule has 0 unspecified atom stereocenters. The predicted octanol–water partition coefficient (Wildman–Crippen LogP) is 1.98. The Balaban J connectivity index is 1.86. The van der Waals surface area contributed by atoms with Crippen LogP contribution >= 0.6 is 0 Å². The number of hydrogen-bond acceptors (Lipinski definition) is 8. The zero-order chi connectivity index (χ0) is 20.1. The number of rotatable bonds is 8. The van der Waals surface area contributed by atoms with Crippen LogP contribution in [0.3, 0.4) is 0 Å². The first-order valence-corrected chi connectivity index (χ1v) is 10.4. The normalized spacial score (nSPS) is 16.9. The second-order valence-electron chi connectivity index (χ2n) is 6.15. The van der Waals surface area contributed by atoms with Crippen LogP contribution in [0.2, 0.25) is 0 Å². The van der Waals surface area contributed by atoms with Crippen LogP contribution in [0.5, 0.6) is 5.75 Å². The number of esters is 1. The molecule has 0 bridgehead atoms. The van der Waals surface area contributed by atoms with Crippen molar-refractivity contribution >= 4 is 16.0 Å². The Kier molecular flexibility index (Phi) is 6.32. The van der Waals surface area contributed by atoms with Crippen LogP contribution in [0, 0.1) is 0 Å². The van der Waals surface area contributed by atoms with E-state index in [1.807, 2.05) is 0 Å². The van der Waals surface area contributed by atoms with Gasteiger partial charge in [-0.1, -0.05) is 5.16 Å². The molecule has 2 heterocycles.